The van der Waals surface area contributed by atoms with Crippen LogP contribution in [0, 0.1) is 22.5 Å². The quantitative estimate of drug-likeness (QED) is 0.547. The van der Waals surface area contributed by atoms with Crippen molar-refractivity contribution in [3.63, 3.8) is 0 Å². The fraction of sp³-hybridized carbons (Fsp3) is 0.773. The molecule has 0 radical (unpaired) electrons. The number of nitrogens with zero attached hydrogens (tertiary/aromatic N) is 3. The highest BCUT2D eigenvalue weighted by Gasteiger charge is 2.55. The molecule has 3 heterocycles. The summed E-state index contributed by atoms with van der Waals surface area (Å²) < 4.78 is 5.02. The van der Waals surface area contributed by atoms with Gasteiger partial charge in [0.05, 0.1) is 25.1 Å². The van der Waals surface area contributed by atoms with E-state index >= 15 is 0 Å². The third kappa shape index (κ3) is 3.29. The molecule has 5 atom stereocenters. The summed E-state index contributed by atoms with van der Waals surface area (Å²) in [5.41, 5.74) is 1.12. The highest BCUT2D eigenvalue weighted by molar-refractivity contribution is 5.67. The maximum Gasteiger partial charge on any atom is 0.409 e. The van der Waals surface area contributed by atoms with Gasteiger partial charge >= 0.3 is 6.09 Å². The minimum absolute atomic E-state index is 0.0233. The number of likely N-dealkylation sites (tertiary alicyclic amines) is 3. The zero-order chi connectivity index (χ0) is 19.9. The van der Waals surface area contributed by atoms with Crippen molar-refractivity contribution in [3.8, 4) is 0 Å². The molecule has 3 saturated heterocycles. The molecule has 0 bridgehead atoms. The molecule has 4 rings (SSSR count). The fourth-order valence-electron chi connectivity index (χ4n) is 5.88. The van der Waals surface area contributed by atoms with Gasteiger partial charge in [0.15, 0.2) is 0 Å². The number of carbonyl (C=O) groups is 1. The summed E-state index contributed by atoms with van der Waals surface area (Å²) in [5, 5.41) is 14.0. The van der Waals surface area contributed by atoms with Gasteiger partial charge in [-0.15, -0.1) is 0 Å². The molecule has 3 aliphatic heterocycles. The lowest BCUT2D eigenvalue weighted by Gasteiger charge is -2.47. The summed E-state index contributed by atoms with van der Waals surface area (Å²) in [4.78, 5) is 16.2. The van der Waals surface area contributed by atoms with Gasteiger partial charge in [-0.3, -0.25) is 4.90 Å². The van der Waals surface area contributed by atoms with Gasteiger partial charge in [0, 0.05) is 38.5 Å². The lowest BCUT2D eigenvalue weighted by Crippen LogP contribution is -2.50. The summed E-state index contributed by atoms with van der Waals surface area (Å²) >= 11 is 0. The molecule has 0 aromatic heterocycles. The van der Waals surface area contributed by atoms with Gasteiger partial charge in [-0.05, 0) is 38.7 Å². The smallest absolute Gasteiger partial charge is 0.409 e. The van der Waals surface area contributed by atoms with Crippen molar-refractivity contribution < 1.29 is 14.2 Å². The molecule has 1 aliphatic carbocycles. The molecule has 5 unspecified atom stereocenters. The molecule has 156 valence electrons. The van der Waals surface area contributed by atoms with Crippen LogP contribution in [-0.4, -0.2) is 72.5 Å². The molecule has 0 aromatic rings. The van der Waals surface area contributed by atoms with E-state index in [1.165, 1.54) is 0 Å². The number of carbonyl (C=O) groups excluding carboxylic acids is 1. The van der Waals surface area contributed by atoms with E-state index in [0.29, 0.717) is 25.0 Å². The standard InChI is InChI=1S/C22H35N3O3/c1-4-28-21(26)24-12-8-18(14-24)13-23-11-9-19(15-23)25(27)16-17(2)22(3)10-6-5-7-20(22)25/h5-7,17-19H,4,8-16H2,1-3H3. The molecular formula is C22H35N3O3. The molecule has 1 amide bonds. The Kier molecular flexibility index (Phi) is 5.31. The van der Waals surface area contributed by atoms with Gasteiger partial charge in [-0.2, -0.15) is 0 Å². The van der Waals surface area contributed by atoms with Crippen molar-refractivity contribution >= 4 is 6.09 Å². The topological polar surface area (TPSA) is 55.8 Å². The summed E-state index contributed by atoms with van der Waals surface area (Å²) in [5.74, 6) is 0.908. The normalized spacial score (nSPS) is 40.6. The number of fused-ring (bicyclic) bond motifs is 1. The minimum atomic E-state index is -0.184. The average Bonchev–Trinajstić information content (AvgIpc) is 3.36. The first-order chi connectivity index (χ1) is 13.4. The summed E-state index contributed by atoms with van der Waals surface area (Å²) in [7, 11) is 0. The second-order valence-electron chi connectivity index (χ2n) is 9.48. The Balaban J connectivity index is 1.37. The zero-order valence-electron chi connectivity index (χ0n) is 17.6. The molecular weight excluding hydrogens is 354 g/mol. The average molecular weight is 390 g/mol. The van der Waals surface area contributed by atoms with Crippen LogP contribution in [0.2, 0.25) is 0 Å². The Hall–Kier alpha value is -1.37. The number of quaternary nitrogens is 1. The second kappa shape index (κ2) is 7.47. The molecule has 3 fully saturated rings. The molecule has 0 spiro atoms. The molecule has 28 heavy (non-hydrogen) atoms. The van der Waals surface area contributed by atoms with E-state index in [1.807, 2.05) is 11.8 Å². The minimum Gasteiger partial charge on any atom is -0.627 e. The molecule has 0 N–H and O–H groups in total. The van der Waals surface area contributed by atoms with Gasteiger partial charge in [-0.25, -0.2) is 4.79 Å². The molecule has 0 saturated carbocycles. The van der Waals surface area contributed by atoms with Gasteiger partial charge in [-0.1, -0.05) is 19.1 Å². The number of allylic oxidation sites excluding steroid dienone is 4. The first-order valence-electron chi connectivity index (χ1n) is 11.0. The van der Waals surface area contributed by atoms with E-state index in [-0.39, 0.29) is 22.2 Å². The van der Waals surface area contributed by atoms with E-state index in [1.54, 1.807) is 0 Å². The van der Waals surface area contributed by atoms with Crippen molar-refractivity contribution in [2.45, 2.75) is 46.1 Å². The van der Waals surface area contributed by atoms with Crippen molar-refractivity contribution in [2.75, 3.05) is 45.9 Å². The van der Waals surface area contributed by atoms with Crippen LogP contribution in [0.25, 0.3) is 0 Å². The monoisotopic (exact) mass is 389 g/mol. The Morgan fingerprint density at radius 1 is 1.36 bits per heavy atom. The molecule has 0 aromatic carbocycles. The number of hydroxylamine groups is 3. The van der Waals surface area contributed by atoms with Gasteiger partial charge in [0.2, 0.25) is 0 Å². The predicted molar refractivity (Wildman–Crippen MR) is 109 cm³/mol. The largest absolute Gasteiger partial charge is 0.627 e. The zero-order valence-corrected chi connectivity index (χ0v) is 17.6. The van der Waals surface area contributed by atoms with Gasteiger partial charge in [0.25, 0.3) is 0 Å². The van der Waals surface area contributed by atoms with E-state index < -0.39 is 0 Å². The second-order valence-corrected chi connectivity index (χ2v) is 9.48. The predicted octanol–water partition coefficient (Wildman–Crippen LogP) is 3.35. The highest BCUT2D eigenvalue weighted by Crippen LogP contribution is 2.54. The number of amides is 1. The fourth-order valence-corrected chi connectivity index (χ4v) is 5.88. The van der Waals surface area contributed by atoms with Gasteiger partial charge in [0.1, 0.15) is 11.7 Å². The Labute approximate surface area is 169 Å². The number of rotatable bonds is 4. The van der Waals surface area contributed by atoms with Crippen molar-refractivity contribution in [3.05, 3.63) is 29.1 Å². The van der Waals surface area contributed by atoms with Crippen LogP contribution < -0.4 is 0 Å². The van der Waals surface area contributed by atoms with Gasteiger partial charge < -0.3 is 19.5 Å². The summed E-state index contributed by atoms with van der Waals surface area (Å²) in [6, 6.07) is 0.143. The highest BCUT2D eigenvalue weighted by atomic mass is 16.6. The van der Waals surface area contributed by atoms with Crippen molar-refractivity contribution in [1.29, 1.82) is 0 Å². The van der Waals surface area contributed by atoms with Crippen molar-refractivity contribution in [1.82, 2.24) is 9.80 Å². The number of hydrogen-bond acceptors (Lipinski definition) is 4. The van der Waals surface area contributed by atoms with Crippen LogP contribution in [0.15, 0.2) is 23.9 Å². The van der Waals surface area contributed by atoms with Crippen LogP contribution in [0.5, 0.6) is 0 Å². The maximum absolute atomic E-state index is 14.0. The third-order valence-electron chi connectivity index (χ3n) is 7.72. The van der Waals surface area contributed by atoms with Crippen LogP contribution in [0.3, 0.4) is 0 Å². The first kappa shape index (κ1) is 19.9. The lowest BCUT2D eigenvalue weighted by molar-refractivity contribution is -0.860. The van der Waals surface area contributed by atoms with E-state index in [2.05, 4.69) is 37.0 Å². The summed E-state index contributed by atoms with van der Waals surface area (Å²) in [6.07, 6.45) is 9.21. The number of hydrogen-bond donors (Lipinski definition) is 0. The third-order valence-corrected chi connectivity index (χ3v) is 7.72. The lowest BCUT2D eigenvalue weighted by atomic mass is 9.74. The number of ether oxygens (including phenoxy) is 1. The Bertz CT molecular complexity index is 678. The van der Waals surface area contributed by atoms with Crippen LogP contribution >= 0.6 is 0 Å². The first-order valence-corrected chi connectivity index (χ1v) is 11.0. The molecule has 6 heteroatoms. The van der Waals surface area contributed by atoms with Crippen LogP contribution in [0.4, 0.5) is 4.79 Å². The SMILES string of the molecule is CCOC(=O)N1CCC(CN2CCC([N+]3([O-])CC(C)C4(C)CC=CC=C43)C2)C1. The summed E-state index contributed by atoms with van der Waals surface area (Å²) in [6.45, 7) is 11.9. The molecule has 4 aliphatic rings. The van der Waals surface area contributed by atoms with E-state index in [4.69, 9.17) is 4.74 Å². The Morgan fingerprint density at radius 2 is 2.18 bits per heavy atom. The van der Waals surface area contributed by atoms with Crippen molar-refractivity contribution in [2.24, 2.45) is 17.3 Å². The van der Waals surface area contributed by atoms with Crippen LogP contribution in [0.1, 0.15) is 40.0 Å². The van der Waals surface area contributed by atoms with E-state index in [9.17, 15) is 10.0 Å². The molecule has 6 nitrogen and oxygen atoms in total. The van der Waals surface area contributed by atoms with E-state index in [0.717, 1.165) is 57.7 Å². The Morgan fingerprint density at radius 3 is 2.96 bits per heavy atom. The maximum atomic E-state index is 14.0. The van der Waals surface area contributed by atoms with Crippen LogP contribution in [-0.2, 0) is 4.74 Å².